The molecule has 0 aromatic heterocycles. The Morgan fingerprint density at radius 1 is 1.09 bits per heavy atom. The zero-order valence-electron chi connectivity index (χ0n) is 13.2. The molecule has 118 valence electrons. The summed E-state index contributed by atoms with van der Waals surface area (Å²) in [5.41, 5.74) is 4.42. The van der Waals surface area contributed by atoms with Crippen molar-refractivity contribution in [3.05, 3.63) is 48.0 Å². The number of nitrogens with one attached hydrogen (secondary N) is 1. The second kappa shape index (κ2) is 5.10. The van der Waals surface area contributed by atoms with E-state index in [0.717, 1.165) is 47.3 Å². The fourth-order valence-electron chi connectivity index (χ4n) is 3.34. The van der Waals surface area contributed by atoms with E-state index in [2.05, 4.69) is 11.4 Å². The fourth-order valence-corrected chi connectivity index (χ4v) is 3.34. The van der Waals surface area contributed by atoms with Crippen LogP contribution in [0.4, 0.5) is 11.4 Å². The lowest BCUT2D eigenvalue weighted by Crippen LogP contribution is -2.36. The predicted octanol–water partition coefficient (Wildman–Crippen LogP) is 3.11. The average molecular weight is 308 g/mol. The molecule has 0 radical (unpaired) electrons. The minimum Gasteiger partial charge on any atom is -0.385 e. The normalized spacial score (nSPS) is 18.9. The number of carbonyl (C=O) groups excluding carboxylic acids is 1. The first-order valence-corrected chi connectivity index (χ1v) is 8.05. The van der Waals surface area contributed by atoms with Crippen LogP contribution in [-0.4, -0.2) is 24.6 Å². The van der Waals surface area contributed by atoms with Gasteiger partial charge in [0.05, 0.1) is 23.5 Å². The highest BCUT2D eigenvalue weighted by molar-refractivity contribution is 6.03. The summed E-state index contributed by atoms with van der Waals surface area (Å²) in [5.74, 6) is 0.0669. The first-order chi connectivity index (χ1) is 11.1. The summed E-state index contributed by atoms with van der Waals surface area (Å²) in [6, 6.07) is 14.2. The van der Waals surface area contributed by atoms with Crippen molar-refractivity contribution in [2.45, 2.75) is 24.9 Å². The van der Waals surface area contributed by atoms with Gasteiger partial charge >= 0.3 is 0 Å². The lowest BCUT2D eigenvalue weighted by molar-refractivity contribution is -0.116. The van der Waals surface area contributed by atoms with E-state index >= 15 is 0 Å². The molecule has 1 saturated carbocycles. The van der Waals surface area contributed by atoms with Crippen LogP contribution >= 0.6 is 0 Å². The molecule has 1 amide bonds. The molecule has 1 heterocycles. The van der Waals surface area contributed by atoms with Crippen molar-refractivity contribution in [3.8, 4) is 11.1 Å². The zero-order valence-corrected chi connectivity index (χ0v) is 13.2. The van der Waals surface area contributed by atoms with Gasteiger partial charge in [0, 0.05) is 7.05 Å². The van der Waals surface area contributed by atoms with Gasteiger partial charge in [0.25, 0.3) is 0 Å². The Bertz CT molecular complexity index is 763. The third kappa shape index (κ3) is 2.30. The average Bonchev–Trinajstić information content (AvgIpc) is 2.56. The highest BCUT2D eigenvalue weighted by atomic mass is 16.3. The van der Waals surface area contributed by atoms with Crippen LogP contribution in [0.1, 0.15) is 24.8 Å². The SMILES string of the molecule is CN1C(=O)CNc2ccc(-c3ccc(C4(O)CCC4)cc3)cc21. The lowest BCUT2D eigenvalue weighted by atomic mass is 9.75. The maximum atomic E-state index is 11.8. The van der Waals surface area contributed by atoms with Crippen molar-refractivity contribution in [1.29, 1.82) is 0 Å². The molecule has 4 heteroatoms. The smallest absolute Gasteiger partial charge is 0.246 e. The van der Waals surface area contributed by atoms with Crippen LogP contribution in [-0.2, 0) is 10.4 Å². The van der Waals surface area contributed by atoms with Crippen LogP contribution in [0.2, 0.25) is 0 Å². The van der Waals surface area contributed by atoms with Gasteiger partial charge in [0.2, 0.25) is 5.91 Å². The Morgan fingerprint density at radius 3 is 2.43 bits per heavy atom. The van der Waals surface area contributed by atoms with E-state index in [4.69, 9.17) is 0 Å². The Kier molecular flexibility index (Phi) is 3.16. The summed E-state index contributed by atoms with van der Waals surface area (Å²) in [5, 5.41) is 13.6. The van der Waals surface area contributed by atoms with Crippen molar-refractivity contribution in [3.63, 3.8) is 0 Å². The molecule has 1 aliphatic carbocycles. The Hall–Kier alpha value is -2.33. The van der Waals surface area contributed by atoms with Gasteiger partial charge < -0.3 is 15.3 Å². The molecule has 2 aromatic carbocycles. The number of hydrogen-bond acceptors (Lipinski definition) is 3. The topological polar surface area (TPSA) is 52.6 Å². The van der Waals surface area contributed by atoms with E-state index in [1.807, 2.05) is 36.4 Å². The summed E-state index contributed by atoms with van der Waals surface area (Å²) < 4.78 is 0. The fraction of sp³-hybridized carbons (Fsp3) is 0.316. The lowest BCUT2D eigenvalue weighted by Gasteiger charge is -2.37. The van der Waals surface area contributed by atoms with Gasteiger partial charge in [0.15, 0.2) is 0 Å². The van der Waals surface area contributed by atoms with E-state index in [1.165, 1.54) is 0 Å². The number of anilines is 2. The van der Waals surface area contributed by atoms with Gasteiger partial charge in [-0.25, -0.2) is 0 Å². The molecule has 2 aliphatic rings. The largest absolute Gasteiger partial charge is 0.385 e. The second-order valence-corrected chi connectivity index (χ2v) is 6.50. The van der Waals surface area contributed by atoms with Crippen LogP contribution in [0, 0.1) is 0 Å². The zero-order chi connectivity index (χ0) is 16.0. The summed E-state index contributed by atoms with van der Waals surface area (Å²) in [7, 11) is 1.81. The molecule has 2 aromatic rings. The number of aliphatic hydroxyl groups is 1. The first-order valence-electron chi connectivity index (χ1n) is 8.05. The molecular formula is C19H20N2O2. The molecule has 4 rings (SSSR count). The van der Waals surface area contributed by atoms with Gasteiger partial charge in [-0.2, -0.15) is 0 Å². The van der Waals surface area contributed by atoms with E-state index in [1.54, 1.807) is 11.9 Å². The van der Waals surface area contributed by atoms with Crippen LogP contribution in [0.15, 0.2) is 42.5 Å². The van der Waals surface area contributed by atoms with E-state index in [-0.39, 0.29) is 5.91 Å². The minimum atomic E-state index is -0.620. The van der Waals surface area contributed by atoms with Crippen molar-refractivity contribution >= 4 is 17.3 Å². The highest BCUT2D eigenvalue weighted by Gasteiger charge is 2.35. The number of nitrogens with zero attached hydrogens (tertiary/aromatic N) is 1. The molecule has 1 fully saturated rings. The number of benzene rings is 2. The number of likely N-dealkylation sites (N-methyl/N-ethyl adjacent to an activating group) is 1. The maximum Gasteiger partial charge on any atom is 0.246 e. The molecule has 4 nitrogen and oxygen atoms in total. The van der Waals surface area contributed by atoms with Crippen LogP contribution in [0.5, 0.6) is 0 Å². The number of fused-ring (bicyclic) bond motifs is 1. The van der Waals surface area contributed by atoms with Crippen molar-refractivity contribution < 1.29 is 9.90 Å². The van der Waals surface area contributed by atoms with Crippen LogP contribution < -0.4 is 10.2 Å². The Balaban J connectivity index is 1.67. The highest BCUT2D eigenvalue weighted by Crippen LogP contribution is 2.41. The quantitative estimate of drug-likeness (QED) is 0.896. The van der Waals surface area contributed by atoms with E-state index in [0.29, 0.717) is 6.54 Å². The number of hydrogen-bond donors (Lipinski definition) is 2. The second-order valence-electron chi connectivity index (χ2n) is 6.50. The number of rotatable bonds is 2. The summed E-state index contributed by atoms with van der Waals surface area (Å²) in [6.07, 6.45) is 2.80. The Labute approximate surface area is 135 Å². The third-order valence-corrected chi connectivity index (χ3v) is 5.10. The predicted molar refractivity (Wildman–Crippen MR) is 91.5 cm³/mol. The first kappa shape index (κ1) is 14.3. The van der Waals surface area contributed by atoms with E-state index < -0.39 is 5.60 Å². The number of amides is 1. The molecule has 0 atom stereocenters. The molecular weight excluding hydrogens is 288 g/mol. The molecule has 23 heavy (non-hydrogen) atoms. The van der Waals surface area contributed by atoms with Gasteiger partial charge in [-0.05, 0) is 48.1 Å². The van der Waals surface area contributed by atoms with Crippen molar-refractivity contribution in [2.24, 2.45) is 0 Å². The van der Waals surface area contributed by atoms with E-state index in [9.17, 15) is 9.90 Å². The molecule has 0 spiro atoms. The molecule has 0 saturated heterocycles. The summed E-state index contributed by atoms with van der Waals surface area (Å²) >= 11 is 0. The Morgan fingerprint density at radius 2 is 1.78 bits per heavy atom. The monoisotopic (exact) mass is 308 g/mol. The van der Waals surface area contributed by atoms with Crippen LogP contribution in [0.25, 0.3) is 11.1 Å². The molecule has 1 aliphatic heterocycles. The maximum absolute atomic E-state index is 11.8. The molecule has 2 N–H and O–H groups in total. The van der Waals surface area contributed by atoms with Gasteiger partial charge in [-0.15, -0.1) is 0 Å². The minimum absolute atomic E-state index is 0.0669. The molecule has 0 bridgehead atoms. The van der Waals surface area contributed by atoms with Gasteiger partial charge in [0.1, 0.15) is 0 Å². The number of carbonyl (C=O) groups is 1. The standard InChI is InChI=1S/C19H20N2O2/c1-21-17-11-14(5-8-16(17)20-12-18(21)22)13-3-6-15(7-4-13)19(23)9-2-10-19/h3-8,11,20,23H,2,9-10,12H2,1H3. The van der Waals surface area contributed by atoms with Crippen LogP contribution in [0.3, 0.4) is 0 Å². The van der Waals surface area contributed by atoms with Crippen molar-refractivity contribution in [1.82, 2.24) is 0 Å². The summed E-state index contributed by atoms with van der Waals surface area (Å²) in [4.78, 5) is 13.5. The summed E-state index contributed by atoms with van der Waals surface area (Å²) in [6.45, 7) is 0.343. The van der Waals surface area contributed by atoms with Crippen molar-refractivity contribution in [2.75, 3.05) is 23.8 Å². The third-order valence-electron chi connectivity index (χ3n) is 5.10. The van der Waals surface area contributed by atoms with Gasteiger partial charge in [-0.1, -0.05) is 30.3 Å². The van der Waals surface area contributed by atoms with Gasteiger partial charge in [-0.3, -0.25) is 4.79 Å². The molecule has 0 unspecified atom stereocenters.